The number of sulfonamides is 1. The summed E-state index contributed by atoms with van der Waals surface area (Å²) >= 11 is 1.36. The second-order valence-corrected chi connectivity index (χ2v) is 9.21. The number of hydrogen-bond donors (Lipinski definition) is 1. The third-order valence-electron chi connectivity index (χ3n) is 4.21. The van der Waals surface area contributed by atoms with E-state index in [1.165, 1.54) is 21.9 Å². The van der Waals surface area contributed by atoms with Gasteiger partial charge in [0.1, 0.15) is 9.88 Å². The smallest absolute Gasteiger partial charge is 0.263 e. The van der Waals surface area contributed by atoms with Gasteiger partial charge in [-0.15, -0.1) is 11.3 Å². The average molecular weight is 380 g/mol. The summed E-state index contributed by atoms with van der Waals surface area (Å²) in [5.41, 5.74) is 1.67. The number of aromatic nitrogens is 1. The van der Waals surface area contributed by atoms with Gasteiger partial charge in [-0.1, -0.05) is 30.3 Å². The summed E-state index contributed by atoms with van der Waals surface area (Å²) in [6.07, 6.45) is 2.73. The fourth-order valence-electron chi connectivity index (χ4n) is 2.92. The van der Waals surface area contributed by atoms with Crippen LogP contribution in [0, 0.1) is 6.92 Å². The van der Waals surface area contributed by atoms with Gasteiger partial charge in [0.25, 0.3) is 5.91 Å². The van der Waals surface area contributed by atoms with Gasteiger partial charge in [0.15, 0.2) is 0 Å². The summed E-state index contributed by atoms with van der Waals surface area (Å²) in [6, 6.07) is 9.57. The van der Waals surface area contributed by atoms with E-state index in [-0.39, 0.29) is 11.9 Å². The molecule has 3 rings (SSSR count). The molecule has 1 N–H and O–H groups in total. The number of nitrogens with one attached hydrogen (secondary N) is 1. The molecule has 1 aromatic carbocycles. The second-order valence-electron chi connectivity index (χ2n) is 6.23. The largest absolute Gasteiger partial charge is 0.347 e. The molecular weight excluding hydrogens is 358 g/mol. The molecule has 0 radical (unpaired) electrons. The Morgan fingerprint density at radius 2 is 2.04 bits per heavy atom. The SMILES string of the molecule is Cc1nc(-c2ccccc2)sc1C(=O)NC1CCCN(S(C)(=O)=O)C1. The topological polar surface area (TPSA) is 79.4 Å². The highest BCUT2D eigenvalue weighted by Crippen LogP contribution is 2.28. The van der Waals surface area contributed by atoms with E-state index in [2.05, 4.69) is 10.3 Å². The number of thiazole rings is 1. The zero-order valence-electron chi connectivity index (χ0n) is 14.2. The fourth-order valence-corrected chi connectivity index (χ4v) is 4.81. The molecule has 1 aliphatic heterocycles. The normalized spacial score (nSPS) is 18.9. The Balaban J connectivity index is 1.73. The van der Waals surface area contributed by atoms with Crippen molar-refractivity contribution in [2.24, 2.45) is 0 Å². The minimum atomic E-state index is -3.23. The van der Waals surface area contributed by atoms with E-state index in [1.54, 1.807) is 0 Å². The number of piperidine rings is 1. The van der Waals surface area contributed by atoms with Crippen LogP contribution in [0.4, 0.5) is 0 Å². The Kier molecular flexibility index (Phi) is 5.21. The molecule has 6 nitrogen and oxygen atoms in total. The maximum absolute atomic E-state index is 12.6. The first-order valence-corrected chi connectivity index (χ1v) is 10.8. The van der Waals surface area contributed by atoms with Crippen molar-refractivity contribution in [2.75, 3.05) is 19.3 Å². The van der Waals surface area contributed by atoms with E-state index in [0.29, 0.717) is 23.7 Å². The Morgan fingerprint density at radius 3 is 2.72 bits per heavy atom. The maximum atomic E-state index is 12.6. The maximum Gasteiger partial charge on any atom is 0.263 e. The van der Waals surface area contributed by atoms with E-state index in [9.17, 15) is 13.2 Å². The van der Waals surface area contributed by atoms with Gasteiger partial charge in [-0.25, -0.2) is 17.7 Å². The summed E-state index contributed by atoms with van der Waals surface area (Å²) in [4.78, 5) is 17.7. The zero-order chi connectivity index (χ0) is 18.0. The second kappa shape index (κ2) is 7.23. The number of aryl methyl sites for hydroxylation is 1. The molecule has 0 bridgehead atoms. The predicted molar refractivity (Wildman–Crippen MR) is 99.2 cm³/mol. The Hall–Kier alpha value is -1.77. The number of carbonyl (C=O) groups is 1. The number of rotatable bonds is 4. The molecule has 1 aromatic heterocycles. The van der Waals surface area contributed by atoms with Gasteiger partial charge >= 0.3 is 0 Å². The number of nitrogens with zero attached hydrogens (tertiary/aromatic N) is 2. The van der Waals surface area contributed by atoms with Crippen LogP contribution in [0.25, 0.3) is 10.6 Å². The van der Waals surface area contributed by atoms with Crippen LogP contribution in [0.2, 0.25) is 0 Å². The Bertz CT molecular complexity index is 863. The molecular formula is C17H21N3O3S2. The number of hydrogen-bond acceptors (Lipinski definition) is 5. The third-order valence-corrected chi connectivity index (χ3v) is 6.69. The van der Waals surface area contributed by atoms with Crippen LogP contribution >= 0.6 is 11.3 Å². The van der Waals surface area contributed by atoms with Crippen molar-refractivity contribution in [3.05, 3.63) is 40.9 Å². The lowest BCUT2D eigenvalue weighted by molar-refractivity contribution is 0.0925. The van der Waals surface area contributed by atoms with Gasteiger partial charge in [-0.3, -0.25) is 4.79 Å². The van der Waals surface area contributed by atoms with Crippen molar-refractivity contribution >= 4 is 27.3 Å². The summed E-state index contributed by atoms with van der Waals surface area (Å²) in [7, 11) is -3.23. The molecule has 1 atom stereocenters. The van der Waals surface area contributed by atoms with Crippen LogP contribution in [0.5, 0.6) is 0 Å². The van der Waals surface area contributed by atoms with Gasteiger partial charge in [-0.2, -0.15) is 0 Å². The van der Waals surface area contributed by atoms with Gasteiger partial charge < -0.3 is 5.32 Å². The molecule has 1 amide bonds. The van der Waals surface area contributed by atoms with Gasteiger partial charge in [0, 0.05) is 24.7 Å². The third kappa shape index (κ3) is 4.26. The molecule has 1 unspecified atom stereocenters. The van der Waals surface area contributed by atoms with Crippen molar-refractivity contribution in [1.29, 1.82) is 0 Å². The zero-order valence-corrected chi connectivity index (χ0v) is 15.9. The molecule has 134 valence electrons. The van der Waals surface area contributed by atoms with Gasteiger partial charge in [0.2, 0.25) is 10.0 Å². The van der Waals surface area contributed by atoms with E-state index in [0.717, 1.165) is 23.4 Å². The molecule has 2 heterocycles. The lowest BCUT2D eigenvalue weighted by atomic mass is 10.1. The van der Waals surface area contributed by atoms with Gasteiger partial charge in [0.05, 0.1) is 11.9 Å². The highest BCUT2D eigenvalue weighted by Gasteiger charge is 2.28. The number of benzene rings is 1. The monoisotopic (exact) mass is 379 g/mol. The van der Waals surface area contributed by atoms with Crippen molar-refractivity contribution in [3.63, 3.8) is 0 Å². The molecule has 0 saturated carbocycles. The fraction of sp³-hybridized carbons (Fsp3) is 0.412. The highest BCUT2D eigenvalue weighted by atomic mass is 32.2. The van der Waals surface area contributed by atoms with Crippen LogP contribution in [-0.2, 0) is 10.0 Å². The predicted octanol–water partition coefficient (Wildman–Crippen LogP) is 2.27. The molecule has 25 heavy (non-hydrogen) atoms. The Morgan fingerprint density at radius 1 is 1.32 bits per heavy atom. The molecule has 1 saturated heterocycles. The summed E-state index contributed by atoms with van der Waals surface area (Å²) in [5.74, 6) is -0.183. The lowest BCUT2D eigenvalue weighted by Gasteiger charge is -2.31. The Labute approximate surface area is 151 Å². The average Bonchev–Trinajstić information content (AvgIpc) is 2.97. The minimum Gasteiger partial charge on any atom is -0.347 e. The van der Waals surface area contributed by atoms with Crippen LogP contribution in [-0.4, -0.2) is 49.0 Å². The van der Waals surface area contributed by atoms with Crippen molar-refractivity contribution in [3.8, 4) is 10.6 Å². The standard InChI is InChI=1S/C17H21N3O3S2/c1-12-15(24-17(18-12)13-7-4-3-5-8-13)16(21)19-14-9-6-10-20(11-14)25(2,22)23/h3-5,7-8,14H,6,9-11H2,1-2H3,(H,19,21). The van der Waals surface area contributed by atoms with Crippen molar-refractivity contribution in [2.45, 2.75) is 25.8 Å². The van der Waals surface area contributed by atoms with Crippen LogP contribution in [0.1, 0.15) is 28.2 Å². The summed E-state index contributed by atoms with van der Waals surface area (Å²) in [6.45, 7) is 2.67. The minimum absolute atomic E-state index is 0.169. The molecule has 0 aliphatic carbocycles. The summed E-state index contributed by atoms with van der Waals surface area (Å²) in [5, 5.41) is 3.78. The molecule has 1 aliphatic rings. The molecule has 0 spiro atoms. The van der Waals surface area contributed by atoms with Crippen LogP contribution in [0.3, 0.4) is 0 Å². The quantitative estimate of drug-likeness (QED) is 0.884. The first-order chi connectivity index (χ1) is 11.8. The first-order valence-electron chi connectivity index (χ1n) is 8.13. The van der Waals surface area contributed by atoms with Crippen molar-refractivity contribution in [1.82, 2.24) is 14.6 Å². The van der Waals surface area contributed by atoms with E-state index in [1.807, 2.05) is 37.3 Å². The van der Waals surface area contributed by atoms with Gasteiger partial charge in [-0.05, 0) is 19.8 Å². The van der Waals surface area contributed by atoms with Crippen molar-refractivity contribution < 1.29 is 13.2 Å². The molecule has 2 aromatic rings. The molecule has 8 heteroatoms. The number of carbonyl (C=O) groups excluding carboxylic acids is 1. The highest BCUT2D eigenvalue weighted by molar-refractivity contribution is 7.88. The van der Waals surface area contributed by atoms with Crippen LogP contribution in [0.15, 0.2) is 30.3 Å². The van der Waals surface area contributed by atoms with Crippen LogP contribution < -0.4 is 5.32 Å². The van der Waals surface area contributed by atoms with E-state index in [4.69, 9.17) is 0 Å². The van der Waals surface area contributed by atoms with E-state index < -0.39 is 10.0 Å². The lowest BCUT2D eigenvalue weighted by Crippen LogP contribution is -2.49. The first kappa shape index (κ1) is 18.0. The van der Waals surface area contributed by atoms with E-state index >= 15 is 0 Å². The molecule has 1 fully saturated rings. The summed E-state index contributed by atoms with van der Waals surface area (Å²) < 4.78 is 24.8. The number of amides is 1.